The van der Waals surface area contributed by atoms with Crippen molar-refractivity contribution in [2.24, 2.45) is 0 Å². The molecule has 6 heteroatoms. The molecule has 102 valence electrons. The molecule has 3 atom stereocenters. The fraction of sp³-hybridized carbons (Fsp3) is 0.833. The van der Waals surface area contributed by atoms with Crippen LogP contribution in [0, 0.1) is 0 Å². The van der Waals surface area contributed by atoms with E-state index in [0.29, 0.717) is 13.0 Å². The standard InChI is InChI=1S/C12H20N2O4/c1-13-11(15)9-3-2-6-14(9)7-8-4-5-10(18-8)12(16)17/h8-10H,2-7H2,1H3,(H,13,15)(H,16,17). The first kappa shape index (κ1) is 13.3. The molecule has 0 aromatic carbocycles. The predicted octanol–water partition coefficient (Wildman–Crippen LogP) is -0.171. The number of aliphatic carboxylic acids is 1. The molecule has 0 aliphatic carbocycles. The van der Waals surface area contributed by atoms with Crippen LogP contribution in [0.5, 0.6) is 0 Å². The summed E-state index contributed by atoms with van der Waals surface area (Å²) in [4.78, 5) is 24.6. The van der Waals surface area contributed by atoms with Gasteiger partial charge in [0.05, 0.1) is 12.1 Å². The van der Waals surface area contributed by atoms with Crippen LogP contribution in [-0.4, -0.2) is 60.3 Å². The third kappa shape index (κ3) is 2.81. The molecule has 0 radical (unpaired) electrons. The van der Waals surface area contributed by atoms with E-state index in [4.69, 9.17) is 9.84 Å². The van der Waals surface area contributed by atoms with Crippen molar-refractivity contribution in [1.29, 1.82) is 0 Å². The molecular weight excluding hydrogens is 236 g/mol. The molecule has 2 rings (SSSR count). The maximum absolute atomic E-state index is 11.7. The minimum Gasteiger partial charge on any atom is -0.479 e. The maximum Gasteiger partial charge on any atom is 0.332 e. The molecule has 0 bridgehead atoms. The second-order valence-corrected chi connectivity index (χ2v) is 4.93. The van der Waals surface area contributed by atoms with Gasteiger partial charge in [-0.2, -0.15) is 0 Å². The largest absolute Gasteiger partial charge is 0.479 e. The monoisotopic (exact) mass is 256 g/mol. The summed E-state index contributed by atoms with van der Waals surface area (Å²) in [6.07, 6.45) is 2.47. The number of hydrogen-bond donors (Lipinski definition) is 2. The van der Waals surface area contributed by atoms with Crippen molar-refractivity contribution < 1.29 is 19.4 Å². The number of likely N-dealkylation sites (N-methyl/N-ethyl adjacent to an activating group) is 1. The Kier molecular flexibility index (Phi) is 4.19. The van der Waals surface area contributed by atoms with E-state index >= 15 is 0 Å². The second-order valence-electron chi connectivity index (χ2n) is 4.93. The molecule has 2 N–H and O–H groups in total. The zero-order chi connectivity index (χ0) is 13.1. The highest BCUT2D eigenvalue weighted by molar-refractivity contribution is 5.81. The Hall–Kier alpha value is -1.14. The molecule has 18 heavy (non-hydrogen) atoms. The van der Waals surface area contributed by atoms with Gasteiger partial charge in [0.1, 0.15) is 0 Å². The Morgan fingerprint density at radius 1 is 1.39 bits per heavy atom. The summed E-state index contributed by atoms with van der Waals surface area (Å²) in [5, 5.41) is 11.5. The Morgan fingerprint density at radius 2 is 2.17 bits per heavy atom. The quantitative estimate of drug-likeness (QED) is 0.730. The Labute approximate surface area is 106 Å². The lowest BCUT2D eigenvalue weighted by atomic mass is 10.1. The average Bonchev–Trinajstić information content (AvgIpc) is 2.97. The van der Waals surface area contributed by atoms with Gasteiger partial charge in [-0.3, -0.25) is 9.69 Å². The molecule has 0 saturated carbocycles. The number of carbonyl (C=O) groups is 2. The molecule has 2 aliphatic heterocycles. The fourth-order valence-corrected chi connectivity index (χ4v) is 2.79. The van der Waals surface area contributed by atoms with Gasteiger partial charge >= 0.3 is 5.97 Å². The molecule has 0 aromatic rings. The van der Waals surface area contributed by atoms with E-state index in [-0.39, 0.29) is 18.1 Å². The minimum absolute atomic E-state index is 0.0419. The lowest BCUT2D eigenvalue weighted by Gasteiger charge is -2.25. The maximum atomic E-state index is 11.7. The lowest BCUT2D eigenvalue weighted by molar-refractivity contribution is -0.150. The lowest BCUT2D eigenvalue weighted by Crippen LogP contribution is -2.45. The molecule has 2 saturated heterocycles. The van der Waals surface area contributed by atoms with Gasteiger partial charge in [0.2, 0.25) is 5.91 Å². The number of rotatable bonds is 4. The van der Waals surface area contributed by atoms with Gasteiger partial charge < -0.3 is 15.2 Å². The van der Waals surface area contributed by atoms with Gasteiger partial charge in [0.15, 0.2) is 6.10 Å². The van der Waals surface area contributed by atoms with Gasteiger partial charge in [-0.25, -0.2) is 4.79 Å². The van der Waals surface area contributed by atoms with Crippen molar-refractivity contribution >= 4 is 11.9 Å². The Morgan fingerprint density at radius 3 is 2.78 bits per heavy atom. The number of nitrogens with zero attached hydrogens (tertiary/aromatic N) is 1. The molecule has 2 aliphatic rings. The van der Waals surface area contributed by atoms with Crippen molar-refractivity contribution in [3.8, 4) is 0 Å². The molecule has 2 fully saturated rings. The van der Waals surface area contributed by atoms with Crippen LogP contribution in [0.25, 0.3) is 0 Å². The van der Waals surface area contributed by atoms with E-state index in [1.54, 1.807) is 7.05 Å². The number of carboxylic acid groups (broad SMARTS) is 1. The molecule has 1 amide bonds. The highest BCUT2D eigenvalue weighted by Gasteiger charge is 2.36. The van der Waals surface area contributed by atoms with Crippen LogP contribution in [0.4, 0.5) is 0 Å². The van der Waals surface area contributed by atoms with Crippen LogP contribution in [0.15, 0.2) is 0 Å². The summed E-state index contributed by atoms with van der Waals surface area (Å²) in [7, 11) is 1.64. The third-order valence-electron chi connectivity index (χ3n) is 3.73. The van der Waals surface area contributed by atoms with Gasteiger partial charge in [0, 0.05) is 13.6 Å². The van der Waals surface area contributed by atoms with Gasteiger partial charge in [0.25, 0.3) is 0 Å². The number of nitrogens with one attached hydrogen (secondary N) is 1. The van der Waals surface area contributed by atoms with E-state index in [1.807, 2.05) is 0 Å². The molecule has 3 unspecified atom stereocenters. The number of carboxylic acids is 1. The Bertz CT molecular complexity index is 334. The topological polar surface area (TPSA) is 78.9 Å². The van der Waals surface area contributed by atoms with E-state index in [2.05, 4.69) is 10.2 Å². The van der Waals surface area contributed by atoms with Crippen molar-refractivity contribution in [1.82, 2.24) is 10.2 Å². The molecule has 2 heterocycles. The average molecular weight is 256 g/mol. The first-order valence-electron chi connectivity index (χ1n) is 6.45. The zero-order valence-electron chi connectivity index (χ0n) is 10.6. The Balaban J connectivity index is 1.86. The van der Waals surface area contributed by atoms with Crippen LogP contribution in [0.2, 0.25) is 0 Å². The molecule has 0 aromatic heterocycles. The normalized spacial score (nSPS) is 32.6. The predicted molar refractivity (Wildman–Crippen MR) is 64.2 cm³/mol. The van der Waals surface area contributed by atoms with Crippen molar-refractivity contribution in [2.75, 3.05) is 20.1 Å². The number of carbonyl (C=O) groups excluding carboxylic acids is 1. The highest BCUT2D eigenvalue weighted by Crippen LogP contribution is 2.24. The first-order chi connectivity index (χ1) is 8.61. The van der Waals surface area contributed by atoms with Crippen LogP contribution < -0.4 is 5.32 Å². The van der Waals surface area contributed by atoms with Crippen molar-refractivity contribution in [2.45, 2.75) is 43.9 Å². The SMILES string of the molecule is CNC(=O)C1CCCN1CC1CCC(C(=O)O)O1. The van der Waals surface area contributed by atoms with Gasteiger partial charge in [-0.1, -0.05) is 0 Å². The summed E-state index contributed by atoms with van der Waals surface area (Å²) in [5.41, 5.74) is 0. The molecular formula is C12H20N2O4. The van der Waals surface area contributed by atoms with Gasteiger partial charge in [-0.05, 0) is 32.2 Å². The van der Waals surface area contributed by atoms with Crippen molar-refractivity contribution in [3.63, 3.8) is 0 Å². The fourth-order valence-electron chi connectivity index (χ4n) is 2.79. The summed E-state index contributed by atoms with van der Waals surface area (Å²) >= 11 is 0. The second kappa shape index (κ2) is 5.67. The van der Waals surface area contributed by atoms with Crippen LogP contribution >= 0.6 is 0 Å². The minimum atomic E-state index is -0.887. The smallest absolute Gasteiger partial charge is 0.332 e. The number of hydrogen-bond acceptors (Lipinski definition) is 4. The third-order valence-corrected chi connectivity index (χ3v) is 3.73. The molecule has 0 spiro atoms. The molecule has 6 nitrogen and oxygen atoms in total. The summed E-state index contributed by atoms with van der Waals surface area (Å²) in [6, 6.07) is -0.0810. The van der Waals surface area contributed by atoms with Crippen LogP contribution in [0.1, 0.15) is 25.7 Å². The van der Waals surface area contributed by atoms with Crippen LogP contribution in [-0.2, 0) is 14.3 Å². The van der Waals surface area contributed by atoms with Gasteiger partial charge in [-0.15, -0.1) is 0 Å². The van der Waals surface area contributed by atoms with E-state index in [0.717, 1.165) is 25.8 Å². The number of amides is 1. The summed E-state index contributed by atoms with van der Waals surface area (Å²) < 4.78 is 5.47. The summed E-state index contributed by atoms with van der Waals surface area (Å²) in [6.45, 7) is 1.54. The van der Waals surface area contributed by atoms with Crippen LogP contribution in [0.3, 0.4) is 0 Å². The van der Waals surface area contributed by atoms with E-state index < -0.39 is 12.1 Å². The number of likely N-dealkylation sites (tertiary alicyclic amines) is 1. The zero-order valence-corrected chi connectivity index (χ0v) is 10.6. The first-order valence-corrected chi connectivity index (χ1v) is 6.45. The van der Waals surface area contributed by atoms with E-state index in [9.17, 15) is 9.59 Å². The highest BCUT2D eigenvalue weighted by atomic mass is 16.5. The summed E-state index contributed by atoms with van der Waals surface area (Å²) in [5.74, 6) is -0.845. The number of ether oxygens (including phenoxy) is 1. The van der Waals surface area contributed by atoms with Crippen molar-refractivity contribution in [3.05, 3.63) is 0 Å². The van der Waals surface area contributed by atoms with E-state index in [1.165, 1.54) is 0 Å².